The number of nitrogens with zero attached hydrogens (tertiary/aromatic N) is 3. The first-order valence-corrected chi connectivity index (χ1v) is 8.80. The summed E-state index contributed by atoms with van der Waals surface area (Å²) in [6, 6.07) is 15.6. The molecule has 0 radical (unpaired) electrons. The van der Waals surface area contributed by atoms with Crippen LogP contribution in [0.1, 0.15) is 30.1 Å². The molecule has 5 heteroatoms. The van der Waals surface area contributed by atoms with E-state index in [4.69, 9.17) is 5.26 Å². The molecular weight excluding hydrogens is 312 g/mol. The number of nitrogens with one attached hydrogen (secondary N) is 1. The minimum absolute atomic E-state index is 0.418. The molecule has 130 valence electrons. The maximum Gasteiger partial charge on any atom is 0.125 e. The molecule has 0 unspecified atom stereocenters. The molecular formula is C20H24N4O. The molecule has 0 bridgehead atoms. The van der Waals surface area contributed by atoms with Gasteiger partial charge in [0.25, 0.3) is 0 Å². The van der Waals surface area contributed by atoms with Crippen molar-refractivity contribution in [1.82, 2.24) is 9.88 Å². The second-order valence-corrected chi connectivity index (χ2v) is 6.60. The van der Waals surface area contributed by atoms with Gasteiger partial charge in [-0.2, -0.15) is 5.26 Å². The van der Waals surface area contributed by atoms with Gasteiger partial charge in [-0.15, -0.1) is 0 Å². The third kappa shape index (κ3) is 5.02. The molecule has 1 aromatic carbocycles. The van der Waals surface area contributed by atoms with Crippen LogP contribution in [0.25, 0.3) is 0 Å². The van der Waals surface area contributed by atoms with E-state index in [1.807, 2.05) is 36.4 Å². The summed E-state index contributed by atoms with van der Waals surface area (Å²) in [5.41, 5.74) is 1.56. The fraction of sp³-hybridized carbons (Fsp3) is 0.400. The topological polar surface area (TPSA) is 72.2 Å². The maximum absolute atomic E-state index is 10.3. The number of hydrogen-bond acceptors (Lipinski definition) is 5. The number of rotatable bonds is 6. The van der Waals surface area contributed by atoms with Gasteiger partial charge in [0, 0.05) is 19.3 Å². The highest BCUT2D eigenvalue weighted by molar-refractivity contribution is 5.38. The lowest BCUT2D eigenvalue weighted by Gasteiger charge is -2.33. The van der Waals surface area contributed by atoms with Crippen LogP contribution < -0.4 is 5.32 Å². The van der Waals surface area contributed by atoms with Crippen LogP contribution in [0.3, 0.4) is 0 Å². The van der Waals surface area contributed by atoms with Crippen LogP contribution in [0.4, 0.5) is 5.82 Å². The first-order valence-electron chi connectivity index (χ1n) is 8.80. The summed E-state index contributed by atoms with van der Waals surface area (Å²) in [7, 11) is 0. The van der Waals surface area contributed by atoms with Crippen molar-refractivity contribution in [3.63, 3.8) is 0 Å². The number of aliphatic hydroxyl groups excluding tert-OH is 1. The number of anilines is 1. The van der Waals surface area contributed by atoms with E-state index in [-0.39, 0.29) is 0 Å². The van der Waals surface area contributed by atoms with Crippen LogP contribution in [-0.2, 0) is 0 Å². The number of pyridine rings is 1. The number of aliphatic hydroxyl groups is 1. The monoisotopic (exact) mass is 336 g/mol. The van der Waals surface area contributed by atoms with Crippen molar-refractivity contribution in [3.05, 3.63) is 59.8 Å². The minimum atomic E-state index is -0.418. The van der Waals surface area contributed by atoms with Crippen molar-refractivity contribution in [3.8, 4) is 6.07 Å². The highest BCUT2D eigenvalue weighted by Crippen LogP contribution is 2.21. The van der Waals surface area contributed by atoms with Gasteiger partial charge in [-0.05, 0) is 49.5 Å². The van der Waals surface area contributed by atoms with E-state index in [1.165, 1.54) is 0 Å². The van der Waals surface area contributed by atoms with Crippen LogP contribution in [0.15, 0.2) is 48.7 Å². The Kier molecular flexibility index (Phi) is 5.99. The Bertz CT molecular complexity index is 688. The molecule has 25 heavy (non-hydrogen) atoms. The van der Waals surface area contributed by atoms with Crippen LogP contribution >= 0.6 is 0 Å². The number of hydrogen-bond donors (Lipinski definition) is 2. The Morgan fingerprint density at radius 3 is 2.60 bits per heavy atom. The number of β-amino-alcohol motifs (C(OH)–C–C–N with tert-alkyl or cyclic N) is 1. The third-order valence-electron chi connectivity index (χ3n) is 4.79. The Morgan fingerprint density at radius 2 is 1.96 bits per heavy atom. The average molecular weight is 336 g/mol. The van der Waals surface area contributed by atoms with Gasteiger partial charge >= 0.3 is 0 Å². The molecule has 0 aliphatic carbocycles. The lowest BCUT2D eigenvalue weighted by Crippen LogP contribution is -2.38. The maximum atomic E-state index is 10.3. The van der Waals surface area contributed by atoms with Gasteiger partial charge in [-0.25, -0.2) is 4.98 Å². The summed E-state index contributed by atoms with van der Waals surface area (Å²) in [5, 5.41) is 22.5. The molecule has 1 aromatic heterocycles. The molecule has 2 aromatic rings. The molecule has 2 N–H and O–H groups in total. The zero-order chi connectivity index (χ0) is 17.5. The van der Waals surface area contributed by atoms with E-state index in [0.717, 1.165) is 43.9 Å². The van der Waals surface area contributed by atoms with E-state index < -0.39 is 6.10 Å². The molecule has 0 saturated carbocycles. The SMILES string of the molecule is N#Cc1ccc(NCC2CCN(C[C@H](O)c3ccccc3)CC2)nc1. The standard InChI is InChI=1S/C20H24N4O/c21-12-17-6-7-20(23-14-17)22-13-16-8-10-24(11-9-16)15-19(25)18-4-2-1-3-5-18/h1-7,14,16,19,25H,8-11,13,15H2,(H,22,23)/t19-/m0/s1. The number of nitriles is 1. The van der Waals surface area contributed by atoms with Gasteiger partial charge in [-0.3, -0.25) is 0 Å². The van der Waals surface area contributed by atoms with Crippen molar-refractivity contribution in [2.24, 2.45) is 5.92 Å². The third-order valence-corrected chi connectivity index (χ3v) is 4.79. The predicted molar refractivity (Wildman–Crippen MR) is 98.0 cm³/mol. The Labute approximate surface area is 148 Å². The summed E-state index contributed by atoms with van der Waals surface area (Å²) in [6.07, 6.45) is 3.41. The van der Waals surface area contributed by atoms with Gasteiger partial charge in [0.15, 0.2) is 0 Å². The van der Waals surface area contributed by atoms with E-state index in [1.54, 1.807) is 12.3 Å². The average Bonchev–Trinajstić information content (AvgIpc) is 2.68. The van der Waals surface area contributed by atoms with Gasteiger partial charge < -0.3 is 15.3 Å². The van der Waals surface area contributed by atoms with E-state index in [2.05, 4.69) is 21.3 Å². The molecule has 5 nitrogen and oxygen atoms in total. The Balaban J connectivity index is 1.40. The zero-order valence-electron chi connectivity index (χ0n) is 14.3. The Morgan fingerprint density at radius 1 is 1.20 bits per heavy atom. The summed E-state index contributed by atoms with van der Waals surface area (Å²) in [4.78, 5) is 6.59. The van der Waals surface area contributed by atoms with Crippen LogP contribution in [0.2, 0.25) is 0 Å². The van der Waals surface area contributed by atoms with Crippen molar-refractivity contribution < 1.29 is 5.11 Å². The van der Waals surface area contributed by atoms with Gasteiger partial charge in [0.2, 0.25) is 0 Å². The van der Waals surface area contributed by atoms with Gasteiger partial charge in [-0.1, -0.05) is 30.3 Å². The summed E-state index contributed by atoms with van der Waals surface area (Å²) >= 11 is 0. The lowest BCUT2D eigenvalue weighted by atomic mass is 9.96. The minimum Gasteiger partial charge on any atom is -0.387 e. The highest BCUT2D eigenvalue weighted by atomic mass is 16.3. The molecule has 0 spiro atoms. The number of benzene rings is 1. The zero-order valence-corrected chi connectivity index (χ0v) is 14.3. The Hall–Kier alpha value is -2.42. The summed E-state index contributed by atoms with van der Waals surface area (Å²) in [5.74, 6) is 1.43. The van der Waals surface area contributed by atoms with E-state index in [9.17, 15) is 5.11 Å². The quantitative estimate of drug-likeness (QED) is 0.849. The van der Waals surface area contributed by atoms with Crippen LogP contribution in [0, 0.1) is 17.2 Å². The van der Waals surface area contributed by atoms with Crippen molar-refractivity contribution in [2.75, 3.05) is 31.5 Å². The predicted octanol–water partition coefficient (Wildman–Crippen LogP) is 2.81. The largest absolute Gasteiger partial charge is 0.387 e. The van der Waals surface area contributed by atoms with E-state index >= 15 is 0 Å². The summed E-state index contributed by atoms with van der Waals surface area (Å²) in [6.45, 7) is 3.61. The first-order chi connectivity index (χ1) is 12.2. The van der Waals surface area contributed by atoms with Crippen molar-refractivity contribution >= 4 is 5.82 Å². The summed E-state index contributed by atoms with van der Waals surface area (Å²) < 4.78 is 0. The second kappa shape index (κ2) is 8.61. The second-order valence-electron chi connectivity index (χ2n) is 6.60. The molecule has 1 aliphatic rings. The lowest BCUT2D eigenvalue weighted by molar-refractivity contribution is 0.0909. The molecule has 1 aliphatic heterocycles. The van der Waals surface area contributed by atoms with Crippen LogP contribution in [0.5, 0.6) is 0 Å². The van der Waals surface area contributed by atoms with Gasteiger partial charge in [0.1, 0.15) is 11.9 Å². The number of likely N-dealkylation sites (tertiary alicyclic amines) is 1. The smallest absolute Gasteiger partial charge is 0.125 e. The molecule has 0 amide bonds. The van der Waals surface area contributed by atoms with Crippen molar-refractivity contribution in [1.29, 1.82) is 5.26 Å². The highest BCUT2D eigenvalue weighted by Gasteiger charge is 2.21. The van der Waals surface area contributed by atoms with Gasteiger partial charge in [0.05, 0.1) is 11.7 Å². The molecule has 1 fully saturated rings. The van der Waals surface area contributed by atoms with Crippen molar-refractivity contribution in [2.45, 2.75) is 18.9 Å². The fourth-order valence-electron chi connectivity index (χ4n) is 3.21. The molecule has 2 heterocycles. The molecule has 3 rings (SSSR count). The number of aromatic nitrogens is 1. The molecule has 1 saturated heterocycles. The molecule has 1 atom stereocenters. The van der Waals surface area contributed by atoms with E-state index in [0.29, 0.717) is 18.0 Å². The first kappa shape index (κ1) is 17.4. The van der Waals surface area contributed by atoms with Crippen LogP contribution in [-0.4, -0.2) is 41.2 Å². The normalized spacial score (nSPS) is 17.0. The number of piperidine rings is 1. The fourth-order valence-corrected chi connectivity index (χ4v) is 3.21.